The zero-order chi connectivity index (χ0) is 22.3. The smallest absolute Gasteiger partial charge is 0.130 e. The molecule has 0 radical (unpaired) electrons. The highest BCUT2D eigenvalue weighted by Crippen LogP contribution is 2.48. The van der Waals surface area contributed by atoms with Crippen molar-refractivity contribution in [1.29, 1.82) is 5.26 Å². The van der Waals surface area contributed by atoms with Crippen molar-refractivity contribution in [2.24, 2.45) is 5.92 Å². The molecule has 2 nitrogen and oxygen atoms in total. The molecule has 1 aliphatic rings. The van der Waals surface area contributed by atoms with E-state index in [2.05, 4.69) is 49.1 Å². The van der Waals surface area contributed by atoms with E-state index in [1.807, 2.05) is 6.07 Å². The molecule has 0 heterocycles. The molecule has 1 aliphatic carbocycles. The Morgan fingerprint density at radius 1 is 1.06 bits per heavy atom. The fraction of sp³-hybridized carbons (Fsp3) is 0.519. The van der Waals surface area contributed by atoms with E-state index in [1.165, 1.54) is 23.8 Å². The quantitative estimate of drug-likeness (QED) is 0.404. The maximum atomic E-state index is 14.8. The van der Waals surface area contributed by atoms with Gasteiger partial charge in [-0.2, -0.15) is 5.26 Å². The first kappa shape index (κ1) is 23.4. The van der Waals surface area contributed by atoms with Gasteiger partial charge in [-0.3, -0.25) is 0 Å². The van der Waals surface area contributed by atoms with Gasteiger partial charge >= 0.3 is 0 Å². The van der Waals surface area contributed by atoms with Gasteiger partial charge in [-0.1, -0.05) is 49.7 Å². The fourth-order valence-corrected chi connectivity index (χ4v) is 4.94. The summed E-state index contributed by atoms with van der Waals surface area (Å²) in [5, 5.41) is 10.2. The Hall–Kier alpha value is -2.25. The number of halogens is 2. The van der Waals surface area contributed by atoms with Crippen LogP contribution in [0.15, 0.2) is 48.5 Å². The Morgan fingerprint density at radius 3 is 2.29 bits per heavy atom. The normalized spacial score (nSPS) is 17.0. The highest BCUT2D eigenvalue weighted by Gasteiger charge is 2.47. The molecule has 0 spiro atoms. The molecule has 166 valence electrons. The van der Waals surface area contributed by atoms with Gasteiger partial charge in [-0.15, -0.1) is 0 Å². The molecular formula is C27H34F2N2. The molecule has 0 aliphatic heterocycles. The van der Waals surface area contributed by atoms with E-state index >= 15 is 0 Å². The largest absolute Gasteiger partial charge is 0.300 e. The molecule has 0 amide bonds. The third-order valence-corrected chi connectivity index (χ3v) is 7.03. The number of hydrogen-bond donors (Lipinski definition) is 0. The predicted octanol–water partition coefficient (Wildman–Crippen LogP) is 6.65. The van der Waals surface area contributed by atoms with Gasteiger partial charge in [0.2, 0.25) is 0 Å². The fourth-order valence-electron chi connectivity index (χ4n) is 4.94. The van der Waals surface area contributed by atoms with E-state index < -0.39 is 17.0 Å². The highest BCUT2D eigenvalue weighted by molar-refractivity contribution is 5.37. The van der Waals surface area contributed by atoms with E-state index in [1.54, 1.807) is 0 Å². The Kier molecular flexibility index (Phi) is 8.21. The van der Waals surface area contributed by atoms with Gasteiger partial charge in [0.05, 0.1) is 11.5 Å². The number of hydrogen-bond acceptors (Lipinski definition) is 2. The SMILES string of the molecule is CCCN(CCc1ccccc1)C(C)CCC(C#N)(c1c(F)cccc1F)C1CCC1. The van der Waals surface area contributed by atoms with E-state index in [9.17, 15) is 14.0 Å². The number of nitriles is 1. The first-order valence-corrected chi connectivity index (χ1v) is 11.7. The van der Waals surface area contributed by atoms with Crippen molar-refractivity contribution in [2.45, 2.75) is 70.3 Å². The Bertz CT molecular complexity index is 852. The van der Waals surface area contributed by atoms with Gasteiger partial charge in [0, 0.05) is 18.2 Å². The molecule has 0 saturated heterocycles. The Morgan fingerprint density at radius 2 is 1.74 bits per heavy atom. The van der Waals surface area contributed by atoms with Gasteiger partial charge in [-0.05, 0) is 75.6 Å². The molecule has 1 fully saturated rings. The minimum Gasteiger partial charge on any atom is -0.300 e. The summed E-state index contributed by atoms with van der Waals surface area (Å²) in [4.78, 5) is 2.45. The van der Waals surface area contributed by atoms with Gasteiger partial charge in [0.15, 0.2) is 0 Å². The van der Waals surface area contributed by atoms with E-state index in [4.69, 9.17) is 0 Å². The Labute approximate surface area is 185 Å². The molecule has 3 rings (SSSR count). The second kappa shape index (κ2) is 10.9. The lowest BCUT2D eigenvalue weighted by molar-refractivity contribution is 0.153. The van der Waals surface area contributed by atoms with E-state index in [0.717, 1.165) is 51.6 Å². The minimum absolute atomic E-state index is 0.0132. The summed E-state index contributed by atoms with van der Waals surface area (Å²) in [6, 6.07) is 17.0. The van der Waals surface area contributed by atoms with Crippen molar-refractivity contribution in [3.8, 4) is 6.07 Å². The van der Waals surface area contributed by atoms with Gasteiger partial charge in [-0.25, -0.2) is 8.78 Å². The van der Waals surface area contributed by atoms with Crippen molar-refractivity contribution < 1.29 is 8.78 Å². The summed E-state index contributed by atoms with van der Waals surface area (Å²) in [6.45, 7) is 6.27. The van der Waals surface area contributed by atoms with Crippen LogP contribution in [0.25, 0.3) is 0 Å². The third-order valence-electron chi connectivity index (χ3n) is 7.03. The summed E-state index contributed by atoms with van der Waals surface area (Å²) in [5.74, 6) is -1.15. The van der Waals surface area contributed by atoms with Crippen LogP contribution in [0, 0.1) is 28.9 Å². The first-order chi connectivity index (χ1) is 15.0. The van der Waals surface area contributed by atoms with Crippen molar-refractivity contribution in [1.82, 2.24) is 4.90 Å². The average Bonchev–Trinajstić information content (AvgIpc) is 2.73. The maximum absolute atomic E-state index is 14.8. The van der Waals surface area contributed by atoms with E-state index in [0.29, 0.717) is 6.42 Å². The summed E-state index contributed by atoms with van der Waals surface area (Å²) in [7, 11) is 0. The second-order valence-electron chi connectivity index (χ2n) is 8.97. The molecule has 0 N–H and O–H groups in total. The minimum atomic E-state index is -1.08. The zero-order valence-electron chi connectivity index (χ0n) is 18.8. The highest BCUT2D eigenvalue weighted by atomic mass is 19.1. The van der Waals surface area contributed by atoms with Crippen LogP contribution in [0.3, 0.4) is 0 Å². The van der Waals surface area contributed by atoms with Crippen LogP contribution in [-0.4, -0.2) is 24.0 Å². The molecule has 4 heteroatoms. The number of benzene rings is 2. The molecular weight excluding hydrogens is 390 g/mol. The van der Waals surface area contributed by atoms with Crippen molar-refractivity contribution in [3.05, 3.63) is 71.3 Å². The predicted molar refractivity (Wildman–Crippen MR) is 122 cm³/mol. The maximum Gasteiger partial charge on any atom is 0.130 e. The van der Waals surface area contributed by atoms with Crippen LogP contribution < -0.4 is 0 Å². The second-order valence-corrected chi connectivity index (χ2v) is 8.97. The molecule has 2 atom stereocenters. The lowest BCUT2D eigenvalue weighted by Gasteiger charge is -2.42. The van der Waals surface area contributed by atoms with Gasteiger partial charge < -0.3 is 4.90 Å². The van der Waals surface area contributed by atoms with Crippen LogP contribution in [0.2, 0.25) is 0 Å². The molecule has 0 aromatic heterocycles. The molecule has 2 aromatic carbocycles. The standard InChI is InChI=1S/C27H34F2N2/c1-3-18-31(19-16-22-9-5-4-6-10-22)21(2)15-17-27(20-30,23-11-7-12-23)26-24(28)13-8-14-25(26)29/h4-6,8-10,13-14,21,23H,3,7,11-12,15-19H2,1-2H3. The van der Waals surface area contributed by atoms with Crippen molar-refractivity contribution in [3.63, 3.8) is 0 Å². The lowest BCUT2D eigenvalue weighted by atomic mass is 9.60. The summed E-state index contributed by atoms with van der Waals surface area (Å²) in [5.41, 5.74) is 0.213. The molecule has 2 unspecified atom stereocenters. The molecule has 2 aromatic rings. The molecule has 1 saturated carbocycles. The number of rotatable bonds is 11. The molecule has 31 heavy (non-hydrogen) atoms. The molecule has 0 bridgehead atoms. The Balaban J connectivity index is 1.76. The number of nitrogens with zero attached hydrogens (tertiary/aromatic N) is 2. The summed E-state index contributed by atoms with van der Waals surface area (Å²) >= 11 is 0. The monoisotopic (exact) mass is 424 g/mol. The third kappa shape index (κ3) is 5.33. The van der Waals surface area contributed by atoms with Crippen LogP contribution >= 0.6 is 0 Å². The lowest BCUT2D eigenvalue weighted by Crippen LogP contribution is -2.42. The zero-order valence-corrected chi connectivity index (χ0v) is 18.8. The van der Waals surface area contributed by atoms with Gasteiger partial charge in [0.1, 0.15) is 11.6 Å². The van der Waals surface area contributed by atoms with E-state index in [-0.39, 0.29) is 17.5 Å². The van der Waals surface area contributed by atoms with Crippen molar-refractivity contribution in [2.75, 3.05) is 13.1 Å². The summed E-state index contributed by atoms with van der Waals surface area (Å²) < 4.78 is 29.5. The topological polar surface area (TPSA) is 27.0 Å². The van der Waals surface area contributed by atoms with Crippen LogP contribution in [0.4, 0.5) is 8.78 Å². The average molecular weight is 425 g/mol. The van der Waals surface area contributed by atoms with Gasteiger partial charge in [0.25, 0.3) is 0 Å². The summed E-state index contributed by atoms with van der Waals surface area (Å²) in [6.07, 6.45) is 6.00. The van der Waals surface area contributed by atoms with Crippen molar-refractivity contribution >= 4 is 0 Å². The van der Waals surface area contributed by atoms with Crippen LogP contribution in [0.5, 0.6) is 0 Å². The first-order valence-electron chi connectivity index (χ1n) is 11.7. The van der Waals surface area contributed by atoms with Crippen LogP contribution in [-0.2, 0) is 11.8 Å². The van der Waals surface area contributed by atoms with Crippen LogP contribution in [0.1, 0.15) is 63.5 Å².